The first-order valence-electron chi connectivity index (χ1n) is 12.3. The molecule has 0 aromatic heterocycles. The fourth-order valence-electron chi connectivity index (χ4n) is 4.85. The Balaban J connectivity index is 0.000000194. The molecule has 0 radical (unpaired) electrons. The van der Waals surface area contributed by atoms with Crippen molar-refractivity contribution in [2.75, 3.05) is 0 Å². The van der Waals surface area contributed by atoms with Gasteiger partial charge >= 0.3 is 136 Å². The summed E-state index contributed by atoms with van der Waals surface area (Å²) >= 11 is -0.532. The Morgan fingerprint density at radius 2 is 0.879 bits per heavy atom. The van der Waals surface area contributed by atoms with Crippen LogP contribution in [0.3, 0.4) is 0 Å². The van der Waals surface area contributed by atoms with Gasteiger partial charge in [0.25, 0.3) is 0 Å². The van der Waals surface area contributed by atoms with E-state index in [1.54, 1.807) is 33.4 Å². The molecule has 33 heavy (non-hydrogen) atoms. The van der Waals surface area contributed by atoms with Crippen LogP contribution in [0.2, 0.25) is 11.1 Å². The molecule has 0 N–H and O–H groups in total. The van der Waals surface area contributed by atoms with Gasteiger partial charge in [0.05, 0.1) is 0 Å². The first-order valence-corrected chi connectivity index (χ1v) is 17.1. The van der Waals surface area contributed by atoms with Crippen molar-refractivity contribution < 1.29 is 23.2 Å². The van der Waals surface area contributed by atoms with Crippen LogP contribution >= 0.6 is 0 Å². The first-order chi connectivity index (χ1) is 15.7. The second kappa shape index (κ2) is 11.9. The summed E-state index contributed by atoms with van der Waals surface area (Å²) in [5.41, 5.74) is 14.5. The number of hydrogen-bond acceptors (Lipinski definition) is 0. The van der Waals surface area contributed by atoms with Gasteiger partial charge < -0.3 is 0 Å². The van der Waals surface area contributed by atoms with E-state index in [-0.39, 0.29) is 0 Å². The van der Waals surface area contributed by atoms with Crippen LogP contribution in [0, 0.1) is 0 Å². The van der Waals surface area contributed by atoms with E-state index in [2.05, 4.69) is 102 Å². The SMILES string of the molecule is CC1=C(C)C([SiH3])[C]([Zr][C]2=C(C)C(C)=C(C)C2[SiH3])=C1C.c1ccc(CCc2ccccc2)cc1. The molecular weight excluding hydrogens is 508 g/mol. The number of hydrogen-bond donors (Lipinski definition) is 0. The van der Waals surface area contributed by atoms with E-state index in [9.17, 15) is 0 Å². The first kappa shape index (κ1) is 26.3. The molecule has 0 saturated heterocycles. The van der Waals surface area contributed by atoms with Gasteiger partial charge in [-0.2, -0.15) is 0 Å². The third-order valence-corrected chi connectivity index (χ3v) is 19.0. The van der Waals surface area contributed by atoms with Crippen LogP contribution in [0.15, 0.2) is 101 Å². The minimum Gasteiger partial charge on any atom is -0.0622 e. The van der Waals surface area contributed by atoms with Crippen molar-refractivity contribution >= 4 is 20.5 Å². The van der Waals surface area contributed by atoms with E-state index in [0.717, 1.165) is 23.9 Å². The molecule has 0 bridgehead atoms. The van der Waals surface area contributed by atoms with Crippen molar-refractivity contribution in [1.82, 2.24) is 0 Å². The van der Waals surface area contributed by atoms with E-state index < -0.39 is 23.2 Å². The standard InChI is InChI=1S/C14H14.2C8H13Si.Zr/c1-3-7-13(8-4-1)11-12-14-9-5-2-6-10-14;2*1-5-4-8(9)7(3)6(5)2;/h1-10H,11-12H2;2*8H,1-3,9H3;. The molecule has 2 unspecified atom stereocenters. The summed E-state index contributed by atoms with van der Waals surface area (Å²) in [6.45, 7) is 14.2. The van der Waals surface area contributed by atoms with Crippen molar-refractivity contribution in [3.8, 4) is 0 Å². The van der Waals surface area contributed by atoms with Crippen LogP contribution in [0.5, 0.6) is 0 Å². The number of benzene rings is 2. The van der Waals surface area contributed by atoms with E-state index >= 15 is 0 Å². The van der Waals surface area contributed by atoms with E-state index in [0.29, 0.717) is 0 Å². The second-order valence-corrected chi connectivity index (χ2v) is 15.3. The third-order valence-electron chi connectivity index (χ3n) is 7.94. The Bertz CT molecular complexity index is 1020. The number of aryl methyl sites for hydroxylation is 2. The van der Waals surface area contributed by atoms with Crippen LogP contribution in [-0.2, 0) is 36.1 Å². The normalized spacial score (nSPS) is 20.7. The van der Waals surface area contributed by atoms with Crippen molar-refractivity contribution in [2.24, 2.45) is 0 Å². The molecule has 4 rings (SSSR count). The predicted molar refractivity (Wildman–Crippen MR) is 150 cm³/mol. The topological polar surface area (TPSA) is 0 Å². The van der Waals surface area contributed by atoms with Crippen LogP contribution < -0.4 is 0 Å². The minimum absolute atomic E-state index is 0.532. The Kier molecular flexibility index (Phi) is 9.50. The predicted octanol–water partition coefficient (Wildman–Crippen LogP) is 6.10. The monoisotopic (exact) mass is 546 g/mol. The molecule has 0 fully saturated rings. The largest absolute Gasteiger partial charge is 0.0622 e. The molecule has 2 aromatic carbocycles. The molecule has 0 saturated carbocycles. The summed E-state index contributed by atoms with van der Waals surface area (Å²) in [6, 6.07) is 21.2. The van der Waals surface area contributed by atoms with Gasteiger partial charge in [-0.05, 0) is 24.0 Å². The molecule has 2 atom stereocenters. The second-order valence-electron chi connectivity index (χ2n) is 9.73. The van der Waals surface area contributed by atoms with Gasteiger partial charge in [-0.25, -0.2) is 0 Å². The van der Waals surface area contributed by atoms with Gasteiger partial charge in [0, 0.05) is 0 Å². The van der Waals surface area contributed by atoms with Gasteiger partial charge in [0.1, 0.15) is 0 Å². The number of rotatable bonds is 5. The summed E-state index contributed by atoms with van der Waals surface area (Å²) in [4.78, 5) is 0. The zero-order valence-corrected chi connectivity index (χ0v) is 28.3. The summed E-state index contributed by atoms with van der Waals surface area (Å²) in [5, 5.41) is 0. The fraction of sp³-hybridized carbons (Fsp3) is 0.333. The van der Waals surface area contributed by atoms with Crippen molar-refractivity contribution in [3.63, 3.8) is 0 Å². The minimum atomic E-state index is -0.532. The van der Waals surface area contributed by atoms with Gasteiger partial charge in [0.2, 0.25) is 0 Å². The van der Waals surface area contributed by atoms with Crippen LogP contribution in [-0.4, -0.2) is 20.5 Å². The molecule has 0 spiro atoms. The molecule has 0 amide bonds. The van der Waals surface area contributed by atoms with Crippen LogP contribution in [0.4, 0.5) is 0 Å². The Hall–Kier alpha value is -1.28. The smallest absolute Gasteiger partial charge is 0.0238 e. The zero-order chi connectivity index (χ0) is 24.1. The van der Waals surface area contributed by atoms with Crippen molar-refractivity contribution in [3.05, 3.63) is 112 Å². The average molecular weight is 548 g/mol. The van der Waals surface area contributed by atoms with Crippen molar-refractivity contribution in [2.45, 2.75) is 65.5 Å². The van der Waals surface area contributed by atoms with E-state index in [1.165, 1.54) is 31.6 Å². The molecule has 2 aromatic rings. The Morgan fingerprint density at radius 3 is 1.15 bits per heavy atom. The quantitative estimate of drug-likeness (QED) is 0.397. The Morgan fingerprint density at radius 1 is 0.545 bits per heavy atom. The average Bonchev–Trinajstić information content (AvgIpc) is 3.14. The van der Waals surface area contributed by atoms with Gasteiger partial charge in [-0.15, -0.1) is 0 Å². The van der Waals surface area contributed by atoms with E-state index in [1.807, 2.05) is 6.56 Å². The summed E-state index contributed by atoms with van der Waals surface area (Å²) < 4.78 is 3.81. The van der Waals surface area contributed by atoms with Gasteiger partial charge in [0.15, 0.2) is 0 Å². The maximum atomic E-state index is 2.38. The van der Waals surface area contributed by atoms with Crippen LogP contribution in [0.1, 0.15) is 52.7 Å². The van der Waals surface area contributed by atoms with Gasteiger partial charge in [-0.1, -0.05) is 60.7 Å². The summed E-state index contributed by atoms with van der Waals surface area (Å²) in [6.07, 6.45) is 2.26. The molecule has 0 aliphatic heterocycles. The summed E-state index contributed by atoms with van der Waals surface area (Å²) in [5.74, 6) is 0. The molecule has 0 nitrogen and oxygen atoms in total. The zero-order valence-electron chi connectivity index (χ0n) is 21.8. The fourth-order valence-corrected chi connectivity index (χ4v) is 13.0. The molecule has 3 heteroatoms. The third kappa shape index (κ3) is 6.24. The molecule has 0 heterocycles. The molecule has 172 valence electrons. The molecule has 2 aliphatic rings. The van der Waals surface area contributed by atoms with Crippen molar-refractivity contribution in [1.29, 1.82) is 0 Å². The number of allylic oxidation sites excluding steroid dienone is 8. The Labute approximate surface area is 219 Å². The van der Waals surface area contributed by atoms with Crippen LogP contribution in [0.25, 0.3) is 0 Å². The van der Waals surface area contributed by atoms with E-state index in [4.69, 9.17) is 0 Å². The van der Waals surface area contributed by atoms with Gasteiger partial charge in [-0.3, -0.25) is 0 Å². The molecule has 2 aliphatic carbocycles. The molecular formula is C30H40Si2Zr. The maximum Gasteiger partial charge on any atom is -0.0238 e. The maximum absolute atomic E-state index is 2.38. The summed E-state index contributed by atoms with van der Waals surface area (Å²) in [7, 11) is 2.61.